The van der Waals surface area contributed by atoms with Gasteiger partial charge in [0.1, 0.15) is 11.5 Å². The van der Waals surface area contributed by atoms with Crippen molar-refractivity contribution >= 4 is 35.0 Å². The molecule has 0 aliphatic carbocycles. The Morgan fingerprint density at radius 2 is 1.66 bits per heavy atom. The maximum absolute atomic E-state index is 11.8. The minimum atomic E-state index is -0.0276. The lowest BCUT2D eigenvalue weighted by Gasteiger charge is -2.09. The van der Waals surface area contributed by atoms with Crippen LogP contribution in [0.5, 0.6) is 11.5 Å². The van der Waals surface area contributed by atoms with Crippen LogP contribution in [0.3, 0.4) is 0 Å². The number of hydrogen-bond donors (Lipinski definition) is 2. The Labute approximate surface area is 182 Å². The molecule has 0 aliphatic rings. The molecular weight excluding hydrogens is 411 g/mol. The molecule has 2 amide bonds. The van der Waals surface area contributed by atoms with E-state index in [-0.39, 0.29) is 11.8 Å². The molecule has 158 valence electrons. The summed E-state index contributed by atoms with van der Waals surface area (Å²) in [5, 5.41) is 6.36. The van der Waals surface area contributed by atoms with Crippen LogP contribution >= 0.6 is 23.2 Å². The molecule has 0 saturated carbocycles. The van der Waals surface area contributed by atoms with Gasteiger partial charge in [-0.3, -0.25) is 9.59 Å². The summed E-state index contributed by atoms with van der Waals surface area (Å²) in [7, 11) is 1.60. The van der Waals surface area contributed by atoms with E-state index in [1.807, 2.05) is 38.1 Å². The molecule has 7 heteroatoms. The highest BCUT2D eigenvalue weighted by Crippen LogP contribution is 2.31. The molecule has 0 aliphatic heterocycles. The normalized spacial score (nSPS) is 9.83. The summed E-state index contributed by atoms with van der Waals surface area (Å²) >= 11 is 12.0. The largest absolute Gasteiger partial charge is 0.456 e. The van der Waals surface area contributed by atoms with E-state index in [9.17, 15) is 9.59 Å². The Balaban J connectivity index is 0.00000204. The molecule has 0 unspecified atom stereocenters. The topological polar surface area (TPSA) is 67.4 Å². The third-order valence-corrected chi connectivity index (χ3v) is 4.40. The van der Waals surface area contributed by atoms with Gasteiger partial charge >= 0.3 is 0 Å². The first-order chi connectivity index (χ1) is 14.0. The number of nitrogens with one attached hydrogen (secondary N) is 2. The van der Waals surface area contributed by atoms with E-state index in [0.29, 0.717) is 53.8 Å². The smallest absolute Gasteiger partial charge is 0.220 e. The van der Waals surface area contributed by atoms with Crippen LogP contribution in [0.15, 0.2) is 42.5 Å². The number of ether oxygens (including phenoxy) is 1. The number of carbonyl (C=O) groups excluding carboxylic acids is 2. The summed E-state index contributed by atoms with van der Waals surface area (Å²) in [5.41, 5.74) is 1.03. The lowest BCUT2D eigenvalue weighted by molar-refractivity contribution is -0.122. The molecule has 5 nitrogen and oxygen atoms in total. The van der Waals surface area contributed by atoms with Gasteiger partial charge in [-0.2, -0.15) is 0 Å². The van der Waals surface area contributed by atoms with Crippen LogP contribution in [0.25, 0.3) is 0 Å². The molecule has 0 atom stereocenters. The van der Waals surface area contributed by atoms with Crippen molar-refractivity contribution < 1.29 is 14.3 Å². The summed E-state index contributed by atoms with van der Waals surface area (Å²) in [5.74, 6) is 1.14. The van der Waals surface area contributed by atoms with Crippen molar-refractivity contribution in [3.63, 3.8) is 0 Å². The summed E-state index contributed by atoms with van der Waals surface area (Å²) in [6.07, 6.45) is 2.06. The second-order valence-electron chi connectivity index (χ2n) is 5.95. The van der Waals surface area contributed by atoms with Gasteiger partial charge in [0.25, 0.3) is 0 Å². The number of rotatable bonds is 9. The lowest BCUT2D eigenvalue weighted by Crippen LogP contribution is -2.26. The molecular formula is C22H28Cl2N2O3. The molecule has 2 aromatic rings. The predicted octanol–water partition coefficient (Wildman–Crippen LogP) is 5.39. The first kappa shape index (κ1) is 24.8. The van der Waals surface area contributed by atoms with Crippen molar-refractivity contribution in [1.29, 1.82) is 0 Å². The van der Waals surface area contributed by atoms with Gasteiger partial charge in [-0.15, -0.1) is 0 Å². The zero-order chi connectivity index (χ0) is 21.6. The second-order valence-corrected chi connectivity index (χ2v) is 6.79. The quantitative estimate of drug-likeness (QED) is 0.515. The first-order valence-corrected chi connectivity index (χ1v) is 10.4. The summed E-state index contributed by atoms with van der Waals surface area (Å²) in [6.45, 7) is 4.50. The maximum Gasteiger partial charge on any atom is 0.220 e. The van der Waals surface area contributed by atoms with Crippen molar-refractivity contribution in [1.82, 2.24) is 10.6 Å². The van der Waals surface area contributed by atoms with Crippen LogP contribution in [0.1, 0.15) is 38.7 Å². The van der Waals surface area contributed by atoms with Gasteiger partial charge < -0.3 is 15.4 Å². The highest BCUT2D eigenvalue weighted by atomic mass is 35.5. The fourth-order valence-electron chi connectivity index (χ4n) is 2.36. The Kier molecular flexibility index (Phi) is 11.8. The molecule has 2 rings (SSSR count). The number of carbonyl (C=O) groups is 2. The molecule has 0 fully saturated rings. The Hall–Kier alpha value is -2.24. The van der Waals surface area contributed by atoms with Crippen LogP contribution < -0.4 is 15.4 Å². The summed E-state index contributed by atoms with van der Waals surface area (Å²) < 4.78 is 5.74. The molecule has 0 aromatic heterocycles. The average Bonchev–Trinajstić information content (AvgIpc) is 2.74. The molecule has 0 saturated heterocycles. The summed E-state index contributed by atoms with van der Waals surface area (Å²) in [6, 6.07) is 12.6. The van der Waals surface area contributed by atoms with E-state index in [1.165, 1.54) is 0 Å². The number of aryl methyl sites for hydroxylation is 1. The fourth-order valence-corrected chi connectivity index (χ4v) is 2.80. The molecule has 2 aromatic carbocycles. The lowest BCUT2D eigenvalue weighted by atomic mass is 10.1. The molecule has 0 bridgehead atoms. The van der Waals surface area contributed by atoms with E-state index in [0.717, 1.165) is 5.56 Å². The second kappa shape index (κ2) is 13.9. The minimum absolute atomic E-state index is 0.0218. The molecule has 2 N–H and O–H groups in total. The highest BCUT2D eigenvalue weighted by molar-refractivity contribution is 6.35. The van der Waals surface area contributed by atoms with Gasteiger partial charge in [0, 0.05) is 31.5 Å². The Morgan fingerprint density at radius 1 is 0.966 bits per heavy atom. The number of halogens is 2. The molecule has 29 heavy (non-hydrogen) atoms. The predicted molar refractivity (Wildman–Crippen MR) is 119 cm³/mol. The molecule has 0 radical (unpaired) electrons. The molecule has 0 heterocycles. The third kappa shape index (κ3) is 9.68. The van der Waals surface area contributed by atoms with Crippen molar-refractivity contribution in [3.8, 4) is 11.5 Å². The van der Waals surface area contributed by atoms with Crippen LogP contribution in [-0.2, 0) is 16.0 Å². The number of amides is 2. The fraction of sp³-hybridized carbons (Fsp3) is 0.364. The van der Waals surface area contributed by atoms with Gasteiger partial charge in [-0.05, 0) is 48.7 Å². The van der Waals surface area contributed by atoms with Crippen LogP contribution in [-0.4, -0.2) is 25.4 Å². The Bertz CT molecular complexity index is 780. The number of benzene rings is 2. The van der Waals surface area contributed by atoms with Gasteiger partial charge in [0.05, 0.1) is 5.02 Å². The van der Waals surface area contributed by atoms with E-state index in [4.69, 9.17) is 27.9 Å². The summed E-state index contributed by atoms with van der Waals surface area (Å²) in [4.78, 5) is 22.9. The van der Waals surface area contributed by atoms with E-state index in [1.54, 1.807) is 25.2 Å². The van der Waals surface area contributed by atoms with E-state index < -0.39 is 0 Å². The van der Waals surface area contributed by atoms with Crippen LogP contribution in [0.4, 0.5) is 0 Å². The van der Waals surface area contributed by atoms with Crippen LogP contribution in [0, 0.1) is 0 Å². The van der Waals surface area contributed by atoms with Crippen molar-refractivity contribution in [3.05, 3.63) is 58.1 Å². The van der Waals surface area contributed by atoms with E-state index in [2.05, 4.69) is 10.6 Å². The third-order valence-electron chi connectivity index (χ3n) is 3.87. The van der Waals surface area contributed by atoms with Gasteiger partial charge in [-0.1, -0.05) is 49.2 Å². The zero-order valence-electron chi connectivity index (χ0n) is 17.1. The first-order valence-electron chi connectivity index (χ1n) is 9.67. The van der Waals surface area contributed by atoms with Gasteiger partial charge in [0.15, 0.2) is 0 Å². The monoisotopic (exact) mass is 438 g/mol. The van der Waals surface area contributed by atoms with Crippen molar-refractivity contribution in [2.24, 2.45) is 0 Å². The molecule has 0 spiro atoms. The van der Waals surface area contributed by atoms with Gasteiger partial charge in [0.2, 0.25) is 11.8 Å². The van der Waals surface area contributed by atoms with Gasteiger partial charge in [-0.25, -0.2) is 0 Å². The number of hydrogen-bond acceptors (Lipinski definition) is 3. The average molecular weight is 439 g/mol. The van der Waals surface area contributed by atoms with Crippen molar-refractivity contribution in [2.75, 3.05) is 13.6 Å². The highest BCUT2D eigenvalue weighted by Gasteiger charge is 2.06. The van der Waals surface area contributed by atoms with E-state index >= 15 is 0 Å². The maximum atomic E-state index is 11.8. The SMILES string of the molecule is CC.CNC(=O)CCCNC(=O)CCc1ccc(Oc2ccc(Cl)cc2Cl)cc1. The van der Waals surface area contributed by atoms with Crippen molar-refractivity contribution in [2.45, 2.75) is 39.5 Å². The Morgan fingerprint density at radius 3 is 2.28 bits per heavy atom. The van der Waals surface area contributed by atoms with Crippen LogP contribution in [0.2, 0.25) is 10.0 Å². The minimum Gasteiger partial charge on any atom is -0.456 e. The standard InChI is InChI=1S/C20H22Cl2N2O3.C2H6/c1-23-19(25)3-2-12-24-20(26)11-6-14-4-8-16(9-5-14)27-18-10-7-15(21)13-17(18)22;1-2/h4-5,7-10,13H,2-3,6,11-12H2,1H3,(H,23,25)(H,24,26);1-2H3. The zero-order valence-corrected chi connectivity index (χ0v) is 18.6.